The molecule has 0 amide bonds. The van der Waals surface area contributed by atoms with Crippen molar-refractivity contribution in [2.24, 2.45) is 0 Å². The third-order valence-corrected chi connectivity index (χ3v) is 1.85. The predicted octanol–water partition coefficient (Wildman–Crippen LogP) is 1.84. The van der Waals surface area contributed by atoms with Gasteiger partial charge in [-0.3, -0.25) is 14.9 Å². The van der Waals surface area contributed by atoms with Crippen molar-refractivity contribution >= 4 is 11.7 Å². The van der Waals surface area contributed by atoms with E-state index in [1.165, 1.54) is 18.2 Å². The number of hydrogen-bond acceptors (Lipinski definition) is 4. The van der Waals surface area contributed by atoms with Crippen LogP contribution in [0.2, 0.25) is 0 Å². The minimum Gasteiger partial charge on any atom is -0.483 e. The number of hydrogen-bond donors (Lipinski definition) is 1. The first-order chi connectivity index (χ1) is 7.50. The normalized spacial score (nSPS) is 11.8. The van der Waals surface area contributed by atoms with Gasteiger partial charge in [-0.2, -0.15) is 0 Å². The molecule has 16 heavy (non-hydrogen) atoms. The summed E-state index contributed by atoms with van der Waals surface area (Å²) >= 11 is 0. The van der Waals surface area contributed by atoms with E-state index in [-0.39, 0.29) is 17.9 Å². The molecule has 0 radical (unpaired) electrons. The van der Waals surface area contributed by atoms with Crippen molar-refractivity contribution in [2.45, 2.75) is 19.4 Å². The van der Waals surface area contributed by atoms with Gasteiger partial charge in [0.15, 0.2) is 5.75 Å². The molecule has 0 aromatic heterocycles. The molecule has 0 aliphatic carbocycles. The number of ether oxygens (including phenoxy) is 1. The van der Waals surface area contributed by atoms with E-state index >= 15 is 0 Å². The highest BCUT2D eigenvalue weighted by Crippen LogP contribution is 2.27. The van der Waals surface area contributed by atoms with Crippen LogP contribution >= 0.6 is 0 Å². The zero-order valence-corrected chi connectivity index (χ0v) is 8.62. The van der Waals surface area contributed by atoms with E-state index in [0.29, 0.717) is 0 Å². The van der Waals surface area contributed by atoms with Gasteiger partial charge in [-0.15, -0.1) is 0 Å². The lowest BCUT2D eigenvalue weighted by molar-refractivity contribution is -0.386. The van der Waals surface area contributed by atoms with E-state index in [2.05, 4.69) is 0 Å². The number of benzene rings is 1. The second-order valence-corrected chi connectivity index (χ2v) is 3.25. The highest BCUT2D eigenvalue weighted by molar-refractivity contribution is 5.67. The van der Waals surface area contributed by atoms with Crippen molar-refractivity contribution in [1.82, 2.24) is 0 Å². The van der Waals surface area contributed by atoms with Gasteiger partial charge in [-0.1, -0.05) is 12.1 Å². The first-order valence-electron chi connectivity index (χ1n) is 4.62. The summed E-state index contributed by atoms with van der Waals surface area (Å²) in [5, 5.41) is 19.2. The molecule has 1 atom stereocenters. The van der Waals surface area contributed by atoms with Crippen LogP contribution in [0.1, 0.15) is 13.3 Å². The SMILES string of the molecule is C[C@@H](CC(=O)O)Oc1ccccc1[N+](=O)[O-]. The number of rotatable bonds is 5. The van der Waals surface area contributed by atoms with Crippen LogP contribution in [0, 0.1) is 10.1 Å². The summed E-state index contributed by atoms with van der Waals surface area (Å²) in [6.45, 7) is 1.55. The van der Waals surface area contributed by atoms with Crippen LogP contribution in [0.3, 0.4) is 0 Å². The molecule has 0 aliphatic rings. The summed E-state index contributed by atoms with van der Waals surface area (Å²) in [5.41, 5.74) is -0.167. The number of carbonyl (C=O) groups is 1. The molecule has 0 heterocycles. The van der Waals surface area contributed by atoms with Gasteiger partial charge in [0.25, 0.3) is 0 Å². The molecular formula is C10H11NO5. The molecule has 0 saturated heterocycles. The molecule has 0 unspecified atom stereocenters. The van der Waals surface area contributed by atoms with E-state index < -0.39 is 17.0 Å². The number of carboxylic acids is 1. The lowest BCUT2D eigenvalue weighted by Crippen LogP contribution is -2.17. The highest BCUT2D eigenvalue weighted by atomic mass is 16.6. The molecular weight excluding hydrogens is 214 g/mol. The van der Waals surface area contributed by atoms with E-state index in [4.69, 9.17) is 9.84 Å². The van der Waals surface area contributed by atoms with Crippen molar-refractivity contribution in [1.29, 1.82) is 0 Å². The van der Waals surface area contributed by atoms with Gasteiger partial charge in [0.2, 0.25) is 0 Å². The van der Waals surface area contributed by atoms with E-state index in [1.54, 1.807) is 13.0 Å². The Morgan fingerprint density at radius 2 is 2.19 bits per heavy atom. The second-order valence-electron chi connectivity index (χ2n) is 3.25. The minimum atomic E-state index is -1.01. The molecule has 86 valence electrons. The summed E-state index contributed by atoms with van der Waals surface area (Å²) in [6, 6.07) is 5.86. The van der Waals surface area contributed by atoms with Gasteiger partial charge in [0.05, 0.1) is 11.3 Å². The Hall–Kier alpha value is -2.11. The standard InChI is InChI=1S/C10H11NO5/c1-7(6-10(12)13)16-9-5-3-2-4-8(9)11(14)15/h2-5,7H,6H2,1H3,(H,12,13)/t7-/m0/s1. The number of aliphatic carboxylic acids is 1. The molecule has 0 aliphatic heterocycles. The van der Waals surface area contributed by atoms with E-state index in [0.717, 1.165) is 0 Å². The van der Waals surface area contributed by atoms with Crippen molar-refractivity contribution in [3.05, 3.63) is 34.4 Å². The van der Waals surface area contributed by atoms with Gasteiger partial charge >= 0.3 is 11.7 Å². The molecule has 6 nitrogen and oxygen atoms in total. The summed E-state index contributed by atoms with van der Waals surface area (Å²) in [5.74, 6) is -0.924. The fraction of sp³-hybridized carbons (Fsp3) is 0.300. The average Bonchev–Trinajstić information content (AvgIpc) is 2.16. The Balaban J connectivity index is 2.80. The third kappa shape index (κ3) is 3.23. The smallest absolute Gasteiger partial charge is 0.310 e. The van der Waals surface area contributed by atoms with Gasteiger partial charge in [-0.05, 0) is 13.0 Å². The Labute approximate surface area is 91.6 Å². The highest BCUT2D eigenvalue weighted by Gasteiger charge is 2.17. The monoisotopic (exact) mass is 225 g/mol. The first kappa shape index (κ1) is 12.0. The zero-order valence-electron chi connectivity index (χ0n) is 8.62. The first-order valence-corrected chi connectivity index (χ1v) is 4.62. The molecule has 1 N–H and O–H groups in total. The van der Waals surface area contributed by atoms with Crippen LogP contribution in [-0.4, -0.2) is 22.1 Å². The lowest BCUT2D eigenvalue weighted by atomic mass is 10.2. The Bertz CT molecular complexity index is 404. The van der Waals surface area contributed by atoms with Gasteiger partial charge in [0.1, 0.15) is 6.10 Å². The number of carboxylic acid groups (broad SMARTS) is 1. The lowest BCUT2D eigenvalue weighted by Gasteiger charge is -2.12. The maximum absolute atomic E-state index is 10.6. The predicted molar refractivity (Wildman–Crippen MR) is 55.4 cm³/mol. The van der Waals surface area contributed by atoms with Crippen LogP contribution in [0.15, 0.2) is 24.3 Å². The molecule has 0 saturated carbocycles. The summed E-state index contributed by atoms with van der Waals surface area (Å²) in [7, 11) is 0. The van der Waals surface area contributed by atoms with Crippen LogP contribution in [0.4, 0.5) is 5.69 Å². The van der Waals surface area contributed by atoms with Crippen LogP contribution in [-0.2, 0) is 4.79 Å². The van der Waals surface area contributed by atoms with Gasteiger partial charge < -0.3 is 9.84 Å². The van der Waals surface area contributed by atoms with Crippen molar-refractivity contribution < 1.29 is 19.6 Å². The Kier molecular flexibility index (Phi) is 3.82. The summed E-state index contributed by atoms with van der Waals surface area (Å²) < 4.78 is 5.20. The van der Waals surface area contributed by atoms with Crippen molar-refractivity contribution in [3.8, 4) is 5.75 Å². The maximum atomic E-state index is 10.6. The second kappa shape index (κ2) is 5.11. The van der Waals surface area contributed by atoms with Crippen LogP contribution < -0.4 is 4.74 Å². The average molecular weight is 225 g/mol. The largest absolute Gasteiger partial charge is 0.483 e. The zero-order chi connectivity index (χ0) is 12.1. The van der Waals surface area contributed by atoms with E-state index in [1.807, 2.05) is 0 Å². The Morgan fingerprint density at radius 1 is 1.56 bits per heavy atom. The molecule has 6 heteroatoms. The molecule has 0 spiro atoms. The molecule has 1 aromatic carbocycles. The van der Waals surface area contributed by atoms with Crippen LogP contribution in [0.5, 0.6) is 5.75 Å². The Morgan fingerprint density at radius 3 is 2.75 bits per heavy atom. The minimum absolute atomic E-state index is 0.0845. The van der Waals surface area contributed by atoms with Gasteiger partial charge in [-0.25, -0.2) is 0 Å². The quantitative estimate of drug-likeness (QED) is 0.609. The molecule has 1 rings (SSSR count). The van der Waals surface area contributed by atoms with Gasteiger partial charge in [0, 0.05) is 6.07 Å². The van der Waals surface area contributed by atoms with Crippen LogP contribution in [0.25, 0.3) is 0 Å². The summed E-state index contributed by atoms with van der Waals surface area (Å²) in [4.78, 5) is 20.5. The number of nitro groups is 1. The van der Waals surface area contributed by atoms with E-state index in [9.17, 15) is 14.9 Å². The fourth-order valence-corrected chi connectivity index (χ4v) is 1.21. The number of nitrogens with zero attached hydrogens (tertiary/aromatic N) is 1. The van der Waals surface area contributed by atoms with Crippen molar-refractivity contribution in [3.63, 3.8) is 0 Å². The topological polar surface area (TPSA) is 89.7 Å². The van der Waals surface area contributed by atoms with Crippen molar-refractivity contribution in [2.75, 3.05) is 0 Å². The fourth-order valence-electron chi connectivity index (χ4n) is 1.21. The maximum Gasteiger partial charge on any atom is 0.310 e. The summed E-state index contributed by atoms with van der Waals surface area (Å²) in [6.07, 6.45) is -0.815. The number of nitro benzene ring substituents is 1. The molecule has 0 bridgehead atoms. The molecule has 0 fully saturated rings. The number of para-hydroxylation sites is 2. The molecule has 1 aromatic rings. The third-order valence-electron chi connectivity index (χ3n) is 1.85.